The number of aliphatic hydroxyl groups is 1. The molecule has 1 rings (SSSR count). The lowest BCUT2D eigenvalue weighted by atomic mass is 10.2. The highest BCUT2D eigenvalue weighted by Gasteiger charge is 2.08. The van der Waals surface area contributed by atoms with E-state index >= 15 is 0 Å². The van der Waals surface area contributed by atoms with E-state index in [1.165, 1.54) is 5.56 Å². The lowest BCUT2D eigenvalue weighted by molar-refractivity contribution is 0.0112. The minimum Gasteiger partial charge on any atom is -0.490 e. The van der Waals surface area contributed by atoms with E-state index in [9.17, 15) is 5.11 Å². The van der Waals surface area contributed by atoms with Gasteiger partial charge in [0.15, 0.2) is 0 Å². The van der Waals surface area contributed by atoms with Gasteiger partial charge in [0.05, 0.1) is 11.1 Å². The summed E-state index contributed by atoms with van der Waals surface area (Å²) in [6.45, 7) is 4.16. The van der Waals surface area contributed by atoms with Crippen LogP contribution >= 0.6 is 15.9 Å². The molecule has 5 heteroatoms. The van der Waals surface area contributed by atoms with E-state index in [2.05, 4.69) is 28.2 Å². The van der Waals surface area contributed by atoms with Crippen LogP contribution < -0.4 is 10.1 Å². The third-order valence-corrected chi connectivity index (χ3v) is 3.38. The standard InChI is InChI=1S/C15H24BrNO3/c1-3-4-7-19-10-13(18)11-20-15-6-5-12(9-17-2)8-14(15)16/h5-6,8,13,17-18H,3-4,7,9-11H2,1-2H3. The van der Waals surface area contributed by atoms with Gasteiger partial charge in [0.25, 0.3) is 0 Å². The van der Waals surface area contributed by atoms with Crippen molar-refractivity contribution in [2.45, 2.75) is 32.4 Å². The summed E-state index contributed by atoms with van der Waals surface area (Å²) >= 11 is 3.47. The van der Waals surface area contributed by atoms with Gasteiger partial charge in [0.2, 0.25) is 0 Å². The van der Waals surface area contributed by atoms with Crippen LogP contribution in [-0.2, 0) is 11.3 Å². The van der Waals surface area contributed by atoms with E-state index in [0.717, 1.165) is 29.6 Å². The molecule has 1 aromatic rings. The Hall–Kier alpha value is -0.620. The molecule has 0 aliphatic rings. The molecule has 0 radical (unpaired) electrons. The first-order valence-electron chi connectivity index (χ1n) is 6.99. The quantitative estimate of drug-likeness (QED) is 0.640. The summed E-state index contributed by atoms with van der Waals surface area (Å²) in [6.07, 6.45) is 1.51. The average Bonchev–Trinajstić information content (AvgIpc) is 2.43. The fourth-order valence-corrected chi connectivity index (χ4v) is 2.22. The highest BCUT2D eigenvalue weighted by Crippen LogP contribution is 2.26. The van der Waals surface area contributed by atoms with Gasteiger partial charge in [-0.3, -0.25) is 0 Å². The van der Waals surface area contributed by atoms with Crippen LogP contribution in [0.15, 0.2) is 22.7 Å². The van der Waals surface area contributed by atoms with Crippen LogP contribution in [0.3, 0.4) is 0 Å². The Morgan fingerprint density at radius 3 is 2.80 bits per heavy atom. The maximum atomic E-state index is 9.76. The van der Waals surface area contributed by atoms with Crippen molar-refractivity contribution in [1.29, 1.82) is 0 Å². The van der Waals surface area contributed by atoms with Gasteiger partial charge < -0.3 is 19.9 Å². The van der Waals surface area contributed by atoms with E-state index in [0.29, 0.717) is 13.2 Å². The minimum absolute atomic E-state index is 0.232. The van der Waals surface area contributed by atoms with E-state index in [1.54, 1.807) is 0 Å². The number of unbranched alkanes of at least 4 members (excludes halogenated alkanes) is 1. The second-order valence-corrected chi connectivity index (χ2v) is 5.54. The lowest BCUT2D eigenvalue weighted by Crippen LogP contribution is -2.23. The Kier molecular flexibility index (Phi) is 8.85. The molecule has 0 heterocycles. The highest BCUT2D eigenvalue weighted by atomic mass is 79.9. The fourth-order valence-electron chi connectivity index (χ4n) is 1.68. The van der Waals surface area contributed by atoms with Gasteiger partial charge in [0.1, 0.15) is 18.5 Å². The van der Waals surface area contributed by atoms with Crippen LogP contribution in [0.2, 0.25) is 0 Å². The molecule has 114 valence electrons. The summed E-state index contributed by atoms with van der Waals surface area (Å²) in [5.41, 5.74) is 1.18. The summed E-state index contributed by atoms with van der Waals surface area (Å²) in [7, 11) is 1.91. The molecule has 20 heavy (non-hydrogen) atoms. The first-order valence-corrected chi connectivity index (χ1v) is 7.78. The minimum atomic E-state index is -0.601. The molecule has 0 amide bonds. The highest BCUT2D eigenvalue weighted by molar-refractivity contribution is 9.10. The summed E-state index contributed by atoms with van der Waals surface area (Å²) in [6, 6.07) is 5.91. The first-order chi connectivity index (χ1) is 9.67. The van der Waals surface area contributed by atoms with Gasteiger partial charge in [-0.25, -0.2) is 0 Å². The van der Waals surface area contributed by atoms with E-state index in [-0.39, 0.29) is 6.61 Å². The van der Waals surface area contributed by atoms with Crippen molar-refractivity contribution in [2.24, 2.45) is 0 Å². The third kappa shape index (κ3) is 6.70. The predicted octanol–water partition coefficient (Wildman–Crippen LogP) is 2.72. The number of rotatable bonds is 10. The van der Waals surface area contributed by atoms with Gasteiger partial charge in [0, 0.05) is 13.2 Å². The number of hydrogen-bond acceptors (Lipinski definition) is 4. The van der Waals surface area contributed by atoms with Crippen molar-refractivity contribution in [3.05, 3.63) is 28.2 Å². The summed E-state index contributed by atoms with van der Waals surface area (Å²) < 4.78 is 11.8. The Morgan fingerprint density at radius 1 is 1.35 bits per heavy atom. The Balaban J connectivity index is 2.33. The fraction of sp³-hybridized carbons (Fsp3) is 0.600. The molecule has 1 atom stereocenters. The second-order valence-electron chi connectivity index (χ2n) is 4.69. The monoisotopic (exact) mass is 345 g/mol. The van der Waals surface area contributed by atoms with Crippen molar-refractivity contribution < 1.29 is 14.6 Å². The van der Waals surface area contributed by atoms with E-state index < -0.39 is 6.10 Å². The van der Waals surface area contributed by atoms with Crippen LogP contribution in [0.4, 0.5) is 0 Å². The van der Waals surface area contributed by atoms with Crippen LogP contribution in [0, 0.1) is 0 Å². The van der Waals surface area contributed by atoms with Gasteiger partial charge in [-0.05, 0) is 47.1 Å². The normalized spacial score (nSPS) is 12.4. The number of hydrogen-bond donors (Lipinski definition) is 2. The van der Waals surface area contributed by atoms with Gasteiger partial charge in [-0.15, -0.1) is 0 Å². The van der Waals surface area contributed by atoms with Crippen molar-refractivity contribution >= 4 is 15.9 Å². The predicted molar refractivity (Wildman–Crippen MR) is 84.1 cm³/mol. The zero-order valence-electron chi connectivity index (χ0n) is 12.2. The first kappa shape index (κ1) is 17.4. The van der Waals surface area contributed by atoms with Crippen molar-refractivity contribution in [2.75, 3.05) is 26.9 Å². The Bertz CT molecular complexity index is 387. The molecule has 4 nitrogen and oxygen atoms in total. The molecule has 0 fully saturated rings. The second kappa shape index (κ2) is 10.2. The number of nitrogens with one attached hydrogen (secondary N) is 1. The van der Waals surface area contributed by atoms with Crippen LogP contribution in [0.1, 0.15) is 25.3 Å². The number of ether oxygens (including phenoxy) is 2. The topological polar surface area (TPSA) is 50.7 Å². The van der Waals surface area contributed by atoms with Gasteiger partial charge in [-0.2, -0.15) is 0 Å². The summed E-state index contributed by atoms with van der Waals surface area (Å²) in [5, 5.41) is 12.9. The van der Waals surface area contributed by atoms with Gasteiger partial charge in [-0.1, -0.05) is 19.4 Å². The summed E-state index contributed by atoms with van der Waals surface area (Å²) in [5.74, 6) is 0.734. The number of aliphatic hydroxyl groups excluding tert-OH is 1. The molecule has 0 saturated carbocycles. The van der Waals surface area contributed by atoms with Crippen molar-refractivity contribution in [1.82, 2.24) is 5.32 Å². The molecule has 0 spiro atoms. The maximum absolute atomic E-state index is 9.76. The zero-order chi connectivity index (χ0) is 14.8. The SMILES string of the molecule is CCCCOCC(O)COc1ccc(CNC)cc1Br. The molecule has 0 bridgehead atoms. The average molecular weight is 346 g/mol. The molecule has 1 aromatic carbocycles. The largest absolute Gasteiger partial charge is 0.490 e. The van der Waals surface area contributed by atoms with Crippen molar-refractivity contribution in [3.63, 3.8) is 0 Å². The molecule has 0 saturated heterocycles. The number of benzene rings is 1. The lowest BCUT2D eigenvalue weighted by Gasteiger charge is -2.14. The van der Waals surface area contributed by atoms with Crippen molar-refractivity contribution in [3.8, 4) is 5.75 Å². The van der Waals surface area contributed by atoms with Gasteiger partial charge >= 0.3 is 0 Å². The molecular formula is C15H24BrNO3. The molecule has 2 N–H and O–H groups in total. The Labute approximate surface area is 129 Å². The smallest absolute Gasteiger partial charge is 0.133 e. The van der Waals surface area contributed by atoms with E-state index in [1.807, 2.05) is 25.2 Å². The molecular weight excluding hydrogens is 322 g/mol. The zero-order valence-corrected chi connectivity index (χ0v) is 13.8. The maximum Gasteiger partial charge on any atom is 0.133 e. The van der Waals surface area contributed by atoms with Crippen LogP contribution in [0.25, 0.3) is 0 Å². The molecule has 1 unspecified atom stereocenters. The molecule has 0 aliphatic heterocycles. The number of halogens is 1. The summed E-state index contributed by atoms with van der Waals surface area (Å²) in [4.78, 5) is 0. The Morgan fingerprint density at radius 2 is 2.15 bits per heavy atom. The van der Waals surface area contributed by atoms with Crippen LogP contribution in [0.5, 0.6) is 5.75 Å². The molecule has 0 aliphatic carbocycles. The van der Waals surface area contributed by atoms with E-state index in [4.69, 9.17) is 9.47 Å². The third-order valence-electron chi connectivity index (χ3n) is 2.76. The molecule has 0 aromatic heterocycles. The van der Waals surface area contributed by atoms with Crippen LogP contribution in [-0.4, -0.2) is 38.1 Å².